The third-order valence-electron chi connectivity index (χ3n) is 3.79. The van der Waals surface area contributed by atoms with Crippen molar-refractivity contribution in [3.63, 3.8) is 0 Å². The van der Waals surface area contributed by atoms with Gasteiger partial charge in [-0.25, -0.2) is 0 Å². The first-order chi connectivity index (χ1) is 13.0. The zero-order chi connectivity index (χ0) is 19.6. The Hall–Kier alpha value is -3.35. The van der Waals surface area contributed by atoms with E-state index in [1.54, 1.807) is 31.2 Å². The van der Waals surface area contributed by atoms with E-state index in [1.807, 2.05) is 24.3 Å². The third-order valence-corrected chi connectivity index (χ3v) is 3.79. The van der Waals surface area contributed by atoms with Crippen LogP contribution < -0.4 is 16.4 Å². The van der Waals surface area contributed by atoms with Gasteiger partial charge >= 0.3 is 5.97 Å². The average Bonchev–Trinajstić information content (AvgIpc) is 2.65. The standard InChI is InChI=1S/C20H24N4O3/c1-2-27-19(26)11-8-14-6-9-16(10-7-14)23-13-18(25)15-4-3-5-17(12-15)24-20(21)22/h3-7,9-10,12,23H,2,8,11,13H2,1H3,(H4,21,22,24). The van der Waals surface area contributed by atoms with Crippen LogP contribution in [0, 0.1) is 5.41 Å². The summed E-state index contributed by atoms with van der Waals surface area (Å²) in [6, 6.07) is 14.4. The number of ketones is 1. The van der Waals surface area contributed by atoms with E-state index in [0.717, 1.165) is 11.3 Å². The Morgan fingerprint density at radius 2 is 1.85 bits per heavy atom. The summed E-state index contributed by atoms with van der Waals surface area (Å²) in [7, 11) is 0. The van der Waals surface area contributed by atoms with Gasteiger partial charge in [0.15, 0.2) is 11.7 Å². The van der Waals surface area contributed by atoms with Crippen molar-refractivity contribution >= 4 is 29.1 Å². The largest absolute Gasteiger partial charge is 0.466 e. The van der Waals surface area contributed by atoms with Gasteiger partial charge in [-0.05, 0) is 43.2 Å². The number of ether oxygens (including phenoxy) is 1. The van der Waals surface area contributed by atoms with Crippen LogP contribution in [0.2, 0.25) is 0 Å². The molecule has 7 nitrogen and oxygen atoms in total. The molecule has 0 aliphatic rings. The van der Waals surface area contributed by atoms with Gasteiger partial charge in [-0.3, -0.25) is 15.0 Å². The van der Waals surface area contributed by atoms with Gasteiger partial charge in [0.05, 0.1) is 13.2 Å². The summed E-state index contributed by atoms with van der Waals surface area (Å²) in [5.41, 5.74) is 8.28. The Balaban J connectivity index is 1.86. The molecule has 0 radical (unpaired) electrons. The van der Waals surface area contributed by atoms with Gasteiger partial charge < -0.3 is 21.1 Å². The SMILES string of the molecule is CCOC(=O)CCc1ccc(NCC(=O)c2cccc(NC(=N)N)c2)cc1. The molecule has 142 valence electrons. The van der Waals surface area contributed by atoms with Gasteiger partial charge in [-0.15, -0.1) is 0 Å². The number of carbonyl (C=O) groups is 2. The van der Waals surface area contributed by atoms with Crippen molar-refractivity contribution in [3.8, 4) is 0 Å². The highest BCUT2D eigenvalue weighted by atomic mass is 16.5. The number of esters is 1. The summed E-state index contributed by atoms with van der Waals surface area (Å²) >= 11 is 0. The summed E-state index contributed by atoms with van der Waals surface area (Å²) in [4.78, 5) is 23.7. The zero-order valence-corrected chi connectivity index (χ0v) is 15.2. The number of hydrogen-bond donors (Lipinski definition) is 4. The van der Waals surface area contributed by atoms with Crippen LogP contribution in [-0.4, -0.2) is 30.9 Å². The lowest BCUT2D eigenvalue weighted by Crippen LogP contribution is -2.21. The van der Waals surface area contributed by atoms with Crippen LogP contribution in [0.3, 0.4) is 0 Å². The molecule has 0 atom stereocenters. The third kappa shape index (κ3) is 6.81. The lowest BCUT2D eigenvalue weighted by molar-refractivity contribution is -0.143. The van der Waals surface area contributed by atoms with E-state index in [2.05, 4.69) is 10.6 Å². The van der Waals surface area contributed by atoms with Gasteiger partial charge in [-0.1, -0.05) is 24.3 Å². The maximum atomic E-state index is 12.3. The normalized spacial score (nSPS) is 10.1. The molecule has 5 N–H and O–H groups in total. The minimum absolute atomic E-state index is 0.0754. The molecular formula is C20H24N4O3. The number of nitrogens with two attached hydrogens (primary N) is 1. The monoisotopic (exact) mass is 368 g/mol. The van der Waals surface area contributed by atoms with E-state index in [-0.39, 0.29) is 24.3 Å². The highest BCUT2D eigenvalue weighted by Crippen LogP contribution is 2.14. The van der Waals surface area contributed by atoms with Crippen LogP contribution in [0.4, 0.5) is 11.4 Å². The maximum Gasteiger partial charge on any atom is 0.306 e. The van der Waals surface area contributed by atoms with Crippen molar-refractivity contribution in [2.24, 2.45) is 5.73 Å². The van der Waals surface area contributed by atoms with Crippen molar-refractivity contribution in [2.45, 2.75) is 19.8 Å². The number of guanidine groups is 1. The summed E-state index contributed by atoms with van der Waals surface area (Å²) in [6.45, 7) is 2.32. The fraction of sp³-hybridized carbons (Fsp3) is 0.250. The number of aryl methyl sites for hydroxylation is 1. The van der Waals surface area contributed by atoms with Crippen LogP contribution >= 0.6 is 0 Å². The van der Waals surface area contributed by atoms with Crippen molar-refractivity contribution < 1.29 is 14.3 Å². The number of benzene rings is 2. The number of nitrogens with one attached hydrogen (secondary N) is 3. The van der Waals surface area contributed by atoms with Crippen LogP contribution in [0.15, 0.2) is 48.5 Å². The van der Waals surface area contributed by atoms with Gasteiger partial charge in [-0.2, -0.15) is 0 Å². The van der Waals surface area contributed by atoms with Crippen LogP contribution in [0.25, 0.3) is 0 Å². The number of carbonyl (C=O) groups excluding carboxylic acids is 2. The smallest absolute Gasteiger partial charge is 0.306 e. The first-order valence-corrected chi connectivity index (χ1v) is 8.70. The van der Waals surface area contributed by atoms with E-state index >= 15 is 0 Å². The molecule has 2 aromatic rings. The Morgan fingerprint density at radius 3 is 2.52 bits per heavy atom. The molecule has 2 rings (SSSR count). The minimum atomic E-state index is -0.202. The molecule has 0 fully saturated rings. The molecule has 0 spiro atoms. The molecule has 0 heterocycles. The minimum Gasteiger partial charge on any atom is -0.466 e. The van der Waals surface area contributed by atoms with Crippen LogP contribution in [0.1, 0.15) is 29.3 Å². The molecule has 0 amide bonds. The van der Waals surface area contributed by atoms with E-state index in [1.165, 1.54) is 0 Å². The molecular weight excluding hydrogens is 344 g/mol. The average molecular weight is 368 g/mol. The van der Waals surface area contributed by atoms with E-state index in [0.29, 0.717) is 30.7 Å². The molecule has 0 bridgehead atoms. The Kier molecular flexibility index (Phi) is 7.37. The second kappa shape index (κ2) is 9.96. The van der Waals surface area contributed by atoms with Gasteiger partial charge in [0.2, 0.25) is 0 Å². The molecule has 0 unspecified atom stereocenters. The predicted molar refractivity (Wildman–Crippen MR) is 106 cm³/mol. The number of hydrogen-bond acceptors (Lipinski definition) is 5. The zero-order valence-electron chi connectivity index (χ0n) is 15.2. The second-order valence-corrected chi connectivity index (χ2v) is 5.90. The van der Waals surface area contributed by atoms with Crippen molar-refractivity contribution in [2.75, 3.05) is 23.8 Å². The predicted octanol–water partition coefficient (Wildman–Crippen LogP) is 2.78. The maximum absolute atomic E-state index is 12.3. The summed E-state index contributed by atoms with van der Waals surface area (Å²) < 4.78 is 4.91. The first-order valence-electron chi connectivity index (χ1n) is 8.70. The molecule has 7 heteroatoms. The van der Waals surface area contributed by atoms with E-state index in [4.69, 9.17) is 15.9 Å². The Bertz CT molecular complexity index is 803. The Morgan fingerprint density at radius 1 is 1.11 bits per heavy atom. The summed E-state index contributed by atoms with van der Waals surface area (Å²) in [5.74, 6) is -0.457. The molecule has 0 aliphatic heterocycles. The highest BCUT2D eigenvalue weighted by Gasteiger charge is 2.07. The highest BCUT2D eigenvalue weighted by molar-refractivity contribution is 6.00. The number of rotatable bonds is 9. The fourth-order valence-electron chi connectivity index (χ4n) is 2.48. The molecule has 0 saturated carbocycles. The van der Waals surface area contributed by atoms with Crippen molar-refractivity contribution in [1.82, 2.24) is 0 Å². The summed E-state index contributed by atoms with van der Waals surface area (Å²) in [6.07, 6.45) is 0.970. The van der Waals surface area contributed by atoms with Gasteiger partial charge in [0, 0.05) is 23.4 Å². The van der Waals surface area contributed by atoms with E-state index < -0.39 is 0 Å². The summed E-state index contributed by atoms with van der Waals surface area (Å²) in [5, 5.41) is 13.0. The van der Waals surface area contributed by atoms with Gasteiger partial charge in [0.1, 0.15) is 0 Å². The molecule has 2 aromatic carbocycles. The molecule has 27 heavy (non-hydrogen) atoms. The topological polar surface area (TPSA) is 117 Å². The lowest BCUT2D eigenvalue weighted by Gasteiger charge is -2.09. The second-order valence-electron chi connectivity index (χ2n) is 5.90. The van der Waals surface area contributed by atoms with Crippen LogP contribution in [-0.2, 0) is 16.0 Å². The number of anilines is 2. The molecule has 0 aromatic heterocycles. The number of Topliss-reactive ketones (excluding diaryl/α,β-unsaturated/α-hetero) is 1. The van der Waals surface area contributed by atoms with Crippen molar-refractivity contribution in [1.29, 1.82) is 5.41 Å². The molecule has 0 aliphatic carbocycles. The fourth-order valence-corrected chi connectivity index (χ4v) is 2.48. The Labute approximate surface area is 158 Å². The molecule has 0 saturated heterocycles. The quantitative estimate of drug-likeness (QED) is 0.234. The first kappa shape index (κ1) is 20.0. The lowest BCUT2D eigenvalue weighted by atomic mass is 10.1. The van der Waals surface area contributed by atoms with E-state index in [9.17, 15) is 9.59 Å². The van der Waals surface area contributed by atoms with Crippen molar-refractivity contribution in [3.05, 3.63) is 59.7 Å². The van der Waals surface area contributed by atoms with Gasteiger partial charge in [0.25, 0.3) is 0 Å². The van der Waals surface area contributed by atoms with Crippen LogP contribution in [0.5, 0.6) is 0 Å².